The van der Waals surface area contributed by atoms with Crippen molar-refractivity contribution in [1.29, 1.82) is 0 Å². The first-order valence-electron chi connectivity index (χ1n) is 15.3. The van der Waals surface area contributed by atoms with Gasteiger partial charge in [-0.25, -0.2) is 9.97 Å². The Morgan fingerprint density at radius 3 is 2.33 bits per heavy atom. The Hall–Kier alpha value is -5.94. The molecule has 0 saturated heterocycles. The van der Waals surface area contributed by atoms with E-state index in [0.717, 1.165) is 89.1 Å². The summed E-state index contributed by atoms with van der Waals surface area (Å²) in [7, 11) is 0. The summed E-state index contributed by atoms with van der Waals surface area (Å²) in [4.78, 5) is 10.5. The number of hydrogen-bond donors (Lipinski definition) is 0. The van der Waals surface area contributed by atoms with Gasteiger partial charge in [-0.1, -0.05) is 91.0 Å². The Morgan fingerprint density at radius 2 is 1.44 bits per heavy atom. The normalized spacial score (nSPS) is 15.1. The molecule has 1 aliphatic rings. The molecule has 4 aromatic heterocycles. The summed E-state index contributed by atoms with van der Waals surface area (Å²) in [6.07, 6.45) is 9.55. The molecule has 5 aromatic carbocycles. The largest absolute Gasteiger partial charge is 0.456 e. The summed E-state index contributed by atoms with van der Waals surface area (Å²) in [6, 6.07) is 37.7. The van der Waals surface area contributed by atoms with Crippen LogP contribution in [0.3, 0.4) is 0 Å². The molecule has 1 unspecified atom stereocenters. The van der Waals surface area contributed by atoms with E-state index in [4.69, 9.17) is 18.8 Å². The van der Waals surface area contributed by atoms with E-state index in [1.54, 1.807) is 0 Å². The zero-order valence-electron chi connectivity index (χ0n) is 24.1. The number of fused-ring (bicyclic) bond motifs is 10. The number of rotatable bonds is 3. The first kappa shape index (κ1) is 24.5. The second kappa shape index (κ2) is 9.28. The molecule has 1 atom stereocenters. The molecule has 0 bridgehead atoms. The van der Waals surface area contributed by atoms with Crippen LogP contribution in [0.4, 0.5) is 0 Å². The fourth-order valence-corrected chi connectivity index (χ4v) is 7.02. The predicted molar refractivity (Wildman–Crippen MR) is 182 cm³/mol. The molecule has 212 valence electrons. The fraction of sp³-hybridized carbons (Fsp3) is 0.0500. The fourth-order valence-electron chi connectivity index (χ4n) is 7.02. The topological polar surface area (TPSA) is 57.0 Å². The van der Waals surface area contributed by atoms with Gasteiger partial charge in [-0.2, -0.15) is 0 Å². The number of benzene rings is 5. The van der Waals surface area contributed by atoms with Crippen LogP contribution < -0.4 is 0 Å². The van der Waals surface area contributed by atoms with Gasteiger partial charge in [-0.3, -0.25) is 4.57 Å². The summed E-state index contributed by atoms with van der Waals surface area (Å²) >= 11 is 0. The van der Waals surface area contributed by atoms with Crippen molar-refractivity contribution in [1.82, 2.24) is 14.5 Å². The maximum Gasteiger partial charge on any atom is 0.235 e. The van der Waals surface area contributed by atoms with Crippen LogP contribution in [-0.2, 0) is 0 Å². The second-order valence-electron chi connectivity index (χ2n) is 11.7. The summed E-state index contributed by atoms with van der Waals surface area (Å²) < 4.78 is 15.2. The molecule has 1 aliphatic carbocycles. The van der Waals surface area contributed by atoms with E-state index in [2.05, 4.69) is 114 Å². The van der Waals surface area contributed by atoms with E-state index < -0.39 is 0 Å². The summed E-state index contributed by atoms with van der Waals surface area (Å²) in [6.45, 7) is 0. The number of furan rings is 2. The molecule has 0 radical (unpaired) electrons. The van der Waals surface area contributed by atoms with Gasteiger partial charge in [-0.05, 0) is 48.9 Å². The van der Waals surface area contributed by atoms with E-state index in [0.29, 0.717) is 5.95 Å². The van der Waals surface area contributed by atoms with E-state index in [1.165, 1.54) is 0 Å². The highest BCUT2D eigenvalue weighted by Gasteiger charge is 2.22. The highest BCUT2D eigenvalue weighted by molar-refractivity contribution is 6.24. The van der Waals surface area contributed by atoms with Gasteiger partial charge in [0.15, 0.2) is 0 Å². The maximum atomic E-state index is 6.49. The molecular weight excluding hydrogens is 554 g/mol. The highest BCUT2D eigenvalue weighted by atomic mass is 16.3. The number of aromatic nitrogens is 3. The Balaban J connectivity index is 1.31. The molecule has 5 heteroatoms. The molecule has 45 heavy (non-hydrogen) atoms. The SMILES string of the molecule is C1=CCC(c2cc(-c3ccccc3)nc(-n3c4ccccc4c4cc5oc6ccc7c8ccccc8oc7c6c5cc43)n2)C=C1. The van der Waals surface area contributed by atoms with Crippen LogP contribution in [0.25, 0.3) is 82.9 Å². The van der Waals surface area contributed by atoms with Crippen molar-refractivity contribution in [2.24, 2.45) is 0 Å². The minimum atomic E-state index is 0.179. The highest BCUT2D eigenvalue weighted by Crippen LogP contribution is 2.42. The zero-order valence-corrected chi connectivity index (χ0v) is 24.1. The van der Waals surface area contributed by atoms with Crippen LogP contribution in [-0.4, -0.2) is 14.5 Å². The third-order valence-electron chi connectivity index (χ3n) is 9.14. The van der Waals surface area contributed by atoms with E-state index >= 15 is 0 Å². The van der Waals surface area contributed by atoms with Crippen LogP contribution in [0.5, 0.6) is 0 Å². The average Bonchev–Trinajstić information content (AvgIpc) is 3.77. The van der Waals surface area contributed by atoms with Gasteiger partial charge in [-0.15, -0.1) is 0 Å². The minimum absolute atomic E-state index is 0.179. The molecule has 9 aromatic rings. The van der Waals surface area contributed by atoms with Gasteiger partial charge >= 0.3 is 0 Å². The van der Waals surface area contributed by atoms with E-state index in [-0.39, 0.29) is 5.92 Å². The van der Waals surface area contributed by atoms with Crippen molar-refractivity contribution < 1.29 is 8.83 Å². The molecule has 4 heterocycles. The molecule has 0 aliphatic heterocycles. The number of nitrogens with zero attached hydrogens (tertiary/aromatic N) is 3. The van der Waals surface area contributed by atoms with E-state index in [9.17, 15) is 0 Å². The monoisotopic (exact) mass is 579 g/mol. The van der Waals surface area contributed by atoms with Gasteiger partial charge in [0, 0.05) is 38.4 Å². The Labute approximate surface area is 257 Å². The minimum Gasteiger partial charge on any atom is -0.456 e. The summed E-state index contributed by atoms with van der Waals surface area (Å²) in [5.41, 5.74) is 8.39. The first-order valence-corrected chi connectivity index (χ1v) is 15.3. The zero-order chi connectivity index (χ0) is 29.5. The molecule has 0 fully saturated rings. The van der Waals surface area contributed by atoms with Gasteiger partial charge < -0.3 is 8.83 Å². The Morgan fingerprint density at radius 1 is 0.600 bits per heavy atom. The predicted octanol–water partition coefficient (Wildman–Crippen LogP) is 10.6. The lowest BCUT2D eigenvalue weighted by Gasteiger charge is -2.16. The lowest BCUT2D eigenvalue weighted by atomic mass is 9.96. The van der Waals surface area contributed by atoms with Crippen molar-refractivity contribution >= 4 is 65.7 Å². The lowest BCUT2D eigenvalue weighted by Crippen LogP contribution is -2.08. The molecule has 0 spiro atoms. The number of hydrogen-bond acceptors (Lipinski definition) is 4. The molecule has 0 saturated carbocycles. The van der Waals surface area contributed by atoms with Crippen molar-refractivity contribution in [2.45, 2.75) is 12.3 Å². The van der Waals surface area contributed by atoms with Crippen molar-refractivity contribution in [2.75, 3.05) is 0 Å². The van der Waals surface area contributed by atoms with Crippen LogP contribution >= 0.6 is 0 Å². The molecular formula is C40H25N3O2. The standard InChI is InChI=1S/C40H25N3O2/c1-3-11-24(12-4-1)31-23-32(25-13-5-2-6-14-25)42-40(41-31)43-33-17-9-7-15-26(33)29-22-37-30(21-34(29)43)38-36(44-37)20-19-28-27-16-8-10-18-35(27)45-39(28)38/h1-13,15-23,25H,14H2. The molecule has 10 rings (SSSR count). The molecule has 0 N–H and O–H groups in total. The Kier molecular flexibility index (Phi) is 5.05. The maximum absolute atomic E-state index is 6.49. The lowest BCUT2D eigenvalue weighted by molar-refractivity contribution is 0.663. The van der Waals surface area contributed by atoms with E-state index in [1.807, 2.05) is 24.3 Å². The third kappa shape index (κ3) is 3.61. The van der Waals surface area contributed by atoms with Crippen molar-refractivity contribution in [3.8, 4) is 17.2 Å². The smallest absolute Gasteiger partial charge is 0.235 e. The van der Waals surface area contributed by atoms with Crippen LogP contribution in [0.2, 0.25) is 0 Å². The van der Waals surface area contributed by atoms with Crippen LogP contribution in [0.15, 0.2) is 142 Å². The summed E-state index contributed by atoms with van der Waals surface area (Å²) in [5, 5.41) is 6.39. The van der Waals surface area contributed by atoms with Crippen LogP contribution in [0, 0.1) is 0 Å². The third-order valence-corrected chi connectivity index (χ3v) is 9.14. The Bertz CT molecular complexity index is 2690. The summed E-state index contributed by atoms with van der Waals surface area (Å²) in [5.74, 6) is 0.833. The van der Waals surface area contributed by atoms with Gasteiger partial charge in [0.25, 0.3) is 0 Å². The van der Waals surface area contributed by atoms with Crippen molar-refractivity contribution in [3.05, 3.63) is 139 Å². The van der Waals surface area contributed by atoms with Gasteiger partial charge in [0.2, 0.25) is 5.95 Å². The second-order valence-corrected chi connectivity index (χ2v) is 11.7. The quantitative estimate of drug-likeness (QED) is 0.209. The number of allylic oxidation sites excluding steroid dienone is 4. The first-order chi connectivity index (χ1) is 22.3. The average molecular weight is 580 g/mol. The number of para-hydroxylation sites is 2. The van der Waals surface area contributed by atoms with Crippen LogP contribution in [0.1, 0.15) is 18.0 Å². The van der Waals surface area contributed by atoms with Gasteiger partial charge in [0.1, 0.15) is 22.3 Å². The van der Waals surface area contributed by atoms with Gasteiger partial charge in [0.05, 0.1) is 27.8 Å². The van der Waals surface area contributed by atoms with Crippen molar-refractivity contribution in [3.63, 3.8) is 0 Å². The molecule has 5 nitrogen and oxygen atoms in total. The molecule has 0 amide bonds.